The summed E-state index contributed by atoms with van der Waals surface area (Å²) in [6.07, 6.45) is 8.88. The summed E-state index contributed by atoms with van der Waals surface area (Å²) in [5.41, 5.74) is 0.151. The molecule has 1 heterocycles. The molecule has 7 atom stereocenters. The molecule has 4 fully saturated rings. The van der Waals surface area contributed by atoms with Crippen molar-refractivity contribution in [3.63, 3.8) is 0 Å². The van der Waals surface area contributed by atoms with Crippen LogP contribution in [-0.4, -0.2) is 79.4 Å². The van der Waals surface area contributed by atoms with Gasteiger partial charge in [0.2, 0.25) is 11.8 Å². The predicted molar refractivity (Wildman–Crippen MR) is 145 cm³/mol. The maximum atomic E-state index is 13.9. The molecule has 3 aliphatic carbocycles. The van der Waals surface area contributed by atoms with Crippen molar-refractivity contribution in [2.45, 2.75) is 84.6 Å². The van der Waals surface area contributed by atoms with E-state index in [1.807, 2.05) is 33.0 Å². The zero-order valence-electron chi connectivity index (χ0n) is 23.3. The molecule has 0 bridgehead atoms. The highest BCUT2D eigenvalue weighted by atomic mass is 35.5. The summed E-state index contributed by atoms with van der Waals surface area (Å²) >= 11 is 0. The van der Waals surface area contributed by atoms with Gasteiger partial charge in [0.05, 0.1) is 0 Å². The van der Waals surface area contributed by atoms with Gasteiger partial charge in [0, 0.05) is 38.5 Å². The first-order valence-electron chi connectivity index (χ1n) is 14.0. The van der Waals surface area contributed by atoms with Crippen LogP contribution in [0.1, 0.15) is 78.6 Å². The van der Waals surface area contributed by atoms with Crippen molar-refractivity contribution in [2.24, 2.45) is 34.5 Å². The van der Waals surface area contributed by atoms with Gasteiger partial charge in [-0.25, -0.2) is 4.79 Å². The maximum Gasteiger partial charge on any atom is 0.324 e. The van der Waals surface area contributed by atoms with Gasteiger partial charge < -0.3 is 15.1 Å². The lowest BCUT2D eigenvalue weighted by Gasteiger charge is -2.61. The highest BCUT2D eigenvalue weighted by molar-refractivity contribution is 5.96. The van der Waals surface area contributed by atoms with Crippen molar-refractivity contribution in [2.75, 3.05) is 40.8 Å². The number of nitrogens with one attached hydrogen (secondary N) is 1. The second kappa shape index (κ2) is 11.2. The SMILES string of the molecule is CCNC(=O)N(CCCN(C)C)C(=O)C1CC[C@H]2[C@@H]3CCC4N(C)C(=O)CC[C@]4(C)[C@@H]3CC[C@]12C.Cl. The molecule has 0 aromatic heterocycles. The van der Waals surface area contributed by atoms with Crippen LogP contribution in [0.5, 0.6) is 0 Å². The van der Waals surface area contributed by atoms with Gasteiger partial charge >= 0.3 is 6.03 Å². The van der Waals surface area contributed by atoms with Crippen molar-refractivity contribution in [3.8, 4) is 0 Å². The first-order chi connectivity index (χ1) is 16.5. The van der Waals surface area contributed by atoms with E-state index < -0.39 is 0 Å². The van der Waals surface area contributed by atoms with Crippen molar-refractivity contribution < 1.29 is 14.4 Å². The van der Waals surface area contributed by atoms with E-state index >= 15 is 0 Å². The van der Waals surface area contributed by atoms with Gasteiger partial charge in [-0.15, -0.1) is 12.4 Å². The zero-order valence-corrected chi connectivity index (χ0v) is 24.2. The average molecular weight is 525 g/mol. The van der Waals surface area contributed by atoms with Gasteiger partial charge in [-0.2, -0.15) is 0 Å². The molecule has 1 N–H and O–H groups in total. The summed E-state index contributed by atoms with van der Waals surface area (Å²) in [6.45, 7) is 8.56. The first-order valence-corrected chi connectivity index (χ1v) is 14.0. The number of urea groups is 1. The minimum Gasteiger partial charge on any atom is -0.342 e. The Labute approximate surface area is 224 Å². The minimum absolute atomic E-state index is 0. The van der Waals surface area contributed by atoms with E-state index in [9.17, 15) is 14.4 Å². The molecule has 8 heteroatoms. The number of hydrogen-bond acceptors (Lipinski definition) is 4. The van der Waals surface area contributed by atoms with E-state index in [2.05, 4.69) is 24.1 Å². The molecular formula is C28H49ClN4O3. The molecule has 4 amide bonds. The van der Waals surface area contributed by atoms with Crippen LogP contribution in [0, 0.1) is 34.5 Å². The molecular weight excluding hydrogens is 476 g/mol. The molecule has 36 heavy (non-hydrogen) atoms. The number of piperidine rings is 1. The Bertz CT molecular complexity index is 838. The van der Waals surface area contributed by atoms with Gasteiger partial charge in [0.15, 0.2) is 0 Å². The number of imide groups is 1. The topological polar surface area (TPSA) is 73.0 Å². The summed E-state index contributed by atoms with van der Waals surface area (Å²) in [5.74, 6) is 2.06. The van der Waals surface area contributed by atoms with Gasteiger partial charge in [-0.1, -0.05) is 13.8 Å². The lowest BCUT2D eigenvalue weighted by molar-refractivity contribution is -0.160. The van der Waals surface area contributed by atoms with E-state index in [4.69, 9.17) is 0 Å². The number of amides is 4. The molecule has 1 saturated heterocycles. The summed E-state index contributed by atoms with van der Waals surface area (Å²) in [6, 6.07) is 0.123. The van der Waals surface area contributed by atoms with E-state index in [-0.39, 0.29) is 41.1 Å². The quantitative estimate of drug-likeness (QED) is 0.559. The highest BCUT2D eigenvalue weighted by Gasteiger charge is 2.62. The van der Waals surface area contributed by atoms with Gasteiger partial charge in [-0.05, 0) is 108 Å². The highest BCUT2D eigenvalue weighted by Crippen LogP contribution is 2.66. The number of rotatable bonds is 6. The monoisotopic (exact) mass is 524 g/mol. The zero-order chi connectivity index (χ0) is 25.5. The van der Waals surface area contributed by atoms with E-state index in [0.717, 1.165) is 57.9 Å². The second-order valence-electron chi connectivity index (χ2n) is 12.6. The third-order valence-corrected chi connectivity index (χ3v) is 10.7. The number of fused-ring (bicyclic) bond motifs is 5. The molecule has 4 aliphatic rings. The van der Waals surface area contributed by atoms with Gasteiger partial charge in [0.25, 0.3) is 0 Å². The normalized spacial score (nSPS) is 37.5. The number of hydrogen-bond donors (Lipinski definition) is 1. The van der Waals surface area contributed by atoms with Crippen molar-refractivity contribution in [1.82, 2.24) is 20.0 Å². The maximum absolute atomic E-state index is 13.9. The van der Waals surface area contributed by atoms with Crippen LogP contribution in [0.2, 0.25) is 0 Å². The Balaban J connectivity index is 0.00000361. The van der Waals surface area contributed by atoms with Crippen LogP contribution in [0.15, 0.2) is 0 Å². The fraction of sp³-hybridized carbons (Fsp3) is 0.893. The molecule has 0 aromatic carbocycles. The lowest BCUT2D eigenvalue weighted by Crippen LogP contribution is -2.61. The average Bonchev–Trinajstić information content (AvgIpc) is 3.16. The molecule has 0 spiro atoms. The van der Waals surface area contributed by atoms with Crippen LogP contribution in [0.3, 0.4) is 0 Å². The summed E-state index contributed by atoms with van der Waals surface area (Å²) in [7, 11) is 6.05. The third kappa shape index (κ3) is 4.91. The van der Waals surface area contributed by atoms with E-state index in [1.165, 1.54) is 4.90 Å². The molecule has 1 aliphatic heterocycles. The molecule has 7 nitrogen and oxygen atoms in total. The third-order valence-electron chi connectivity index (χ3n) is 10.7. The van der Waals surface area contributed by atoms with E-state index in [1.54, 1.807) is 0 Å². The lowest BCUT2D eigenvalue weighted by atomic mass is 9.47. The number of carbonyl (C=O) groups is 3. The van der Waals surface area contributed by atoms with Crippen molar-refractivity contribution in [1.29, 1.82) is 0 Å². The van der Waals surface area contributed by atoms with Crippen LogP contribution in [-0.2, 0) is 9.59 Å². The molecule has 2 unspecified atom stereocenters. The smallest absolute Gasteiger partial charge is 0.324 e. The Morgan fingerprint density at radius 3 is 2.36 bits per heavy atom. The number of nitrogens with zero attached hydrogens (tertiary/aromatic N) is 3. The fourth-order valence-corrected chi connectivity index (χ4v) is 8.85. The Morgan fingerprint density at radius 2 is 1.69 bits per heavy atom. The van der Waals surface area contributed by atoms with Crippen LogP contribution in [0.4, 0.5) is 4.79 Å². The molecule has 4 rings (SSSR count). The summed E-state index contributed by atoms with van der Waals surface area (Å²) in [4.78, 5) is 45.0. The second-order valence-corrected chi connectivity index (χ2v) is 12.6. The molecule has 0 radical (unpaired) electrons. The van der Waals surface area contributed by atoms with Crippen LogP contribution < -0.4 is 5.32 Å². The summed E-state index contributed by atoms with van der Waals surface area (Å²) in [5, 5.41) is 2.88. The van der Waals surface area contributed by atoms with Gasteiger partial charge in [0.1, 0.15) is 0 Å². The number of halogens is 1. The standard InChI is InChI=1S/C28H48N4O3.ClH/c1-7-29-26(35)32(18-8-17-30(4)5)25(34)22-11-10-20-19-9-12-23-28(3,16-14-24(33)31(23)6)21(19)13-15-27(20,22)2;/h19-23H,7-18H2,1-6H3,(H,29,35);1H/t19-,20-,21+,22?,23?,27-,28+;/m0./s1. The Hall–Kier alpha value is -1.34. The number of likely N-dealkylation sites (tertiary alicyclic amines) is 1. The van der Waals surface area contributed by atoms with Crippen LogP contribution >= 0.6 is 12.4 Å². The van der Waals surface area contributed by atoms with Gasteiger partial charge in [-0.3, -0.25) is 14.5 Å². The molecule has 3 saturated carbocycles. The van der Waals surface area contributed by atoms with Crippen molar-refractivity contribution in [3.05, 3.63) is 0 Å². The summed E-state index contributed by atoms with van der Waals surface area (Å²) < 4.78 is 0. The van der Waals surface area contributed by atoms with Crippen LogP contribution in [0.25, 0.3) is 0 Å². The molecule has 0 aromatic rings. The number of carbonyl (C=O) groups excluding carboxylic acids is 3. The van der Waals surface area contributed by atoms with Crippen molar-refractivity contribution >= 4 is 30.3 Å². The van der Waals surface area contributed by atoms with E-state index in [0.29, 0.717) is 49.2 Å². The Kier molecular flexibility index (Phi) is 9.08. The largest absolute Gasteiger partial charge is 0.342 e. The fourth-order valence-electron chi connectivity index (χ4n) is 8.85. The minimum atomic E-state index is -0.236. The first kappa shape index (κ1) is 29.2. The predicted octanol–water partition coefficient (Wildman–Crippen LogP) is 4.40. The molecule has 206 valence electrons. The Morgan fingerprint density at radius 1 is 1.00 bits per heavy atom.